The van der Waals surface area contributed by atoms with E-state index in [4.69, 9.17) is 0 Å². The molecular weight excluding hydrogens is 663 g/mol. The Morgan fingerprint density at radius 1 is 0.400 bits per heavy atom. The lowest BCUT2D eigenvalue weighted by Gasteiger charge is -2.29. The van der Waals surface area contributed by atoms with Crippen LogP contribution in [0.4, 0.5) is 17.1 Å². The van der Waals surface area contributed by atoms with Gasteiger partial charge in [-0.05, 0) is 123 Å². The molecule has 0 saturated carbocycles. The van der Waals surface area contributed by atoms with Gasteiger partial charge in [0.1, 0.15) is 0 Å². The van der Waals surface area contributed by atoms with E-state index in [1.807, 2.05) is 0 Å². The number of benzene rings is 9. The number of aryl methyl sites for hydroxylation is 3. The molecular formula is C54H45N. The molecule has 1 nitrogen and oxygen atoms in total. The third kappa shape index (κ3) is 5.88. The van der Waals surface area contributed by atoms with Gasteiger partial charge in [0.25, 0.3) is 0 Å². The van der Waals surface area contributed by atoms with Crippen LogP contribution in [0, 0.1) is 20.8 Å². The first-order chi connectivity index (χ1) is 26.8. The van der Waals surface area contributed by atoms with E-state index in [1.165, 1.54) is 93.8 Å². The average molecular weight is 708 g/mol. The van der Waals surface area contributed by atoms with Crippen LogP contribution < -0.4 is 4.90 Å². The van der Waals surface area contributed by atoms with E-state index in [1.54, 1.807) is 0 Å². The molecule has 10 rings (SSSR count). The van der Waals surface area contributed by atoms with Crippen molar-refractivity contribution >= 4 is 49.4 Å². The zero-order valence-electron chi connectivity index (χ0n) is 32.3. The van der Waals surface area contributed by atoms with Crippen molar-refractivity contribution in [3.63, 3.8) is 0 Å². The number of anilines is 3. The molecule has 0 aromatic heterocycles. The first kappa shape index (κ1) is 34.3. The molecule has 1 aliphatic rings. The highest BCUT2D eigenvalue weighted by Crippen LogP contribution is 2.51. The van der Waals surface area contributed by atoms with E-state index in [0.717, 1.165) is 5.69 Å². The Morgan fingerprint density at radius 3 is 1.71 bits per heavy atom. The monoisotopic (exact) mass is 707 g/mol. The zero-order chi connectivity index (χ0) is 37.7. The van der Waals surface area contributed by atoms with Crippen molar-refractivity contribution in [3.05, 3.63) is 210 Å². The highest BCUT2D eigenvalue weighted by molar-refractivity contribution is 6.16. The number of hydrogen-bond donors (Lipinski definition) is 0. The first-order valence-electron chi connectivity index (χ1n) is 19.4. The van der Waals surface area contributed by atoms with Gasteiger partial charge in [-0.3, -0.25) is 0 Å². The van der Waals surface area contributed by atoms with Gasteiger partial charge in [-0.2, -0.15) is 0 Å². The molecule has 0 heterocycles. The summed E-state index contributed by atoms with van der Waals surface area (Å²) in [6.45, 7) is 11.3. The minimum atomic E-state index is -0.0339. The van der Waals surface area contributed by atoms with Crippen LogP contribution in [0.5, 0.6) is 0 Å². The summed E-state index contributed by atoms with van der Waals surface area (Å²) in [5.41, 5.74) is 15.8. The summed E-state index contributed by atoms with van der Waals surface area (Å²) in [7, 11) is 0. The van der Waals surface area contributed by atoms with Crippen LogP contribution in [0.3, 0.4) is 0 Å². The second-order valence-electron chi connectivity index (χ2n) is 15.5. The number of fused-ring (bicyclic) bond motifs is 7. The van der Waals surface area contributed by atoms with Gasteiger partial charge >= 0.3 is 0 Å². The maximum absolute atomic E-state index is 2.40. The Kier molecular flexibility index (Phi) is 8.59. The summed E-state index contributed by atoms with van der Waals surface area (Å²) >= 11 is 0. The predicted octanol–water partition coefficient (Wildman–Crippen LogP) is 15.2. The molecule has 9 aromatic carbocycles. The second kappa shape index (κ2) is 13.8. The maximum Gasteiger partial charge on any atom is 0.0540 e. The van der Waals surface area contributed by atoms with E-state index >= 15 is 0 Å². The molecule has 55 heavy (non-hydrogen) atoms. The Hall–Kier alpha value is -6.44. The molecule has 0 bridgehead atoms. The summed E-state index contributed by atoms with van der Waals surface area (Å²) in [6, 6.07) is 65.9. The van der Waals surface area contributed by atoms with E-state index < -0.39 is 0 Å². The highest BCUT2D eigenvalue weighted by atomic mass is 15.1. The molecule has 0 saturated heterocycles. The quantitative estimate of drug-likeness (QED) is 0.165. The van der Waals surface area contributed by atoms with E-state index in [2.05, 4.69) is 222 Å². The molecule has 266 valence electrons. The van der Waals surface area contributed by atoms with Crippen LogP contribution in [-0.4, -0.2) is 0 Å². The molecule has 9 aromatic rings. The SMILES string of the molecule is Cc1ccc2c(c1)C(C)(C)c1cc(N(c3ccccc3)c3cccc4ccccc34)ccc1-2.Cc1ccccc1-c1c(C)c2ccccc2c2ccccc12. The summed E-state index contributed by atoms with van der Waals surface area (Å²) < 4.78 is 0. The van der Waals surface area contributed by atoms with Crippen molar-refractivity contribution in [2.45, 2.75) is 40.0 Å². The molecule has 0 radical (unpaired) electrons. The Balaban J connectivity index is 0.000000157. The van der Waals surface area contributed by atoms with E-state index in [9.17, 15) is 0 Å². The van der Waals surface area contributed by atoms with Gasteiger partial charge in [-0.15, -0.1) is 0 Å². The molecule has 0 N–H and O–H groups in total. The third-order valence-electron chi connectivity index (χ3n) is 11.7. The molecule has 0 aliphatic heterocycles. The van der Waals surface area contributed by atoms with Crippen LogP contribution in [-0.2, 0) is 5.41 Å². The fraction of sp³-hybridized carbons (Fsp3) is 0.111. The molecule has 0 spiro atoms. The third-order valence-corrected chi connectivity index (χ3v) is 11.7. The molecule has 1 heteroatoms. The van der Waals surface area contributed by atoms with Gasteiger partial charge in [-0.1, -0.05) is 171 Å². The Labute approximate surface area is 325 Å². The minimum Gasteiger partial charge on any atom is -0.310 e. The summed E-state index contributed by atoms with van der Waals surface area (Å²) in [5.74, 6) is 0. The van der Waals surface area contributed by atoms with Gasteiger partial charge in [0.05, 0.1) is 5.69 Å². The second-order valence-corrected chi connectivity index (χ2v) is 15.5. The molecule has 0 unspecified atom stereocenters. The van der Waals surface area contributed by atoms with Crippen LogP contribution in [0.1, 0.15) is 41.7 Å². The number of nitrogens with zero attached hydrogens (tertiary/aromatic N) is 1. The lowest BCUT2D eigenvalue weighted by Crippen LogP contribution is -2.16. The van der Waals surface area contributed by atoms with Gasteiger partial charge < -0.3 is 4.90 Å². The van der Waals surface area contributed by atoms with Crippen LogP contribution in [0.15, 0.2) is 182 Å². The smallest absolute Gasteiger partial charge is 0.0540 e. The lowest BCUT2D eigenvalue weighted by molar-refractivity contribution is 0.660. The van der Waals surface area contributed by atoms with Gasteiger partial charge in [-0.25, -0.2) is 0 Å². The summed E-state index contributed by atoms with van der Waals surface area (Å²) in [6.07, 6.45) is 0. The fourth-order valence-corrected chi connectivity index (χ4v) is 8.90. The van der Waals surface area contributed by atoms with Crippen LogP contribution >= 0.6 is 0 Å². The Bertz CT molecular complexity index is 2870. The van der Waals surface area contributed by atoms with E-state index in [-0.39, 0.29) is 5.41 Å². The molecule has 0 amide bonds. The van der Waals surface area contributed by atoms with Crippen molar-refractivity contribution < 1.29 is 0 Å². The molecule has 0 fully saturated rings. The fourth-order valence-electron chi connectivity index (χ4n) is 8.90. The topological polar surface area (TPSA) is 3.24 Å². The first-order valence-corrected chi connectivity index (χ1v) is 19.4. The summed E-state index contributed by atoms with van der Waals surface area (Å²) in [4.78, 5) is 2.40. The largest absolute Gasteiger partial charge is 0.310 e. The normalized spacial score (nSPS) is 12.6. The standard InChI is InChI=1S/C32H27N.C22H18/c1-22-16-18-27-28-19-17-25(21-30(28)32(2,3)29(27)20-22)33(24-12-5-4-6-13-24)31-15-9-11-23-10-7-8-14-26(23)31;1-15-9-3-4-10-17(15)22-16(2)18-11-5-6-12-19(18)20-13-7-8-14-21(20)22/h4-21H,1-3H3;3-14H,1-2H3. The van der Waals surface area contributed by atoms with Gasteiger partial charge in [0, 0.05) is 22.2 Å². The van der Waals surface area contributed by atoms with E-state index in [0.29, 0.717) is 0 Å². The zero-order valence-corrected chi connectivity index (χ0v) is 32.3. The predicted molar refractivity (Wildman–Crippen MR) is 237 cm³/mol. The minimum absolute atomic E-state index is 0.0339. The van der Waals surface area contributed by atoms with Crippen molar-refractivity contribution in [2.24, 2.45) is 0 Å². The average Bonchev–Trinajstić information content (AvgIpc) is 3.44. The van der Waals surface area contributed by atoms with Gasteiger partial charge in [0.2, 0.25) is 0 Å². The molecule has 0 atom stereocenters. The van der Waals surface area contributed by atoms with Crippen LogP contribution in [0.2, 0.25) is 0 Å². The van der Waals surface area contributed by atoms with Crippen molar-refractivity contribution in [2.75, 3.05) is 4.90 Å². The van der Waals surface area contributed by atoms with Crippen LogP contribution in [0.25, 0.3) is 54.6 Å². The lowest BCUT2D eigenvalue weighted by atomic mass is 9.82. The van der Waals surface area contributed by atoms with Crippen molar-refractivity contribution in [1.82, 2.24) is 0 Å². The highest BCUT2D eigenvalue weighted by Gasteiger charge is 2.36. The van der Waals surface area contributed by atoms with Gasteiger partial charge in [0.15, 0.2) is 0 Å². The number of para-hydroxylation sites is 1. The van der Waals surface area contributed by atoms with Crippen molar-refractivity contribution in [1.29, 1.82) is 0 Å². The summed E-state index contributed by atoms with van der Waals surface area (Å²) in [5, 5.41) is 7.87. The number of rotatable bonds is 4. The Morgan fingerprint density at radius 2 is 0.964 bits per heavy atom. The number of hydrogen-bond acceptors (Lipinski definition) is 1. The maximum atomic E-state index is 2.40. The molecule has 1 aliphatic carbocycles. The van der Waals surface area contributed by atoms with Crippen molar-refractivity contribution in [3.8, 4) is 22.3 Å².